The number of likely N-dealkylation sites (N-methyl/N-ethyl adjacent to an activating group) is 2. The van der Waals surface area contributed by atoms with Gasteiger partial charge in [0.2, 0.25) is 21.8 Å². The van der Waals surface area contributed by atoms with Crippen molar-refractivity contribution in [3.8, 4) is 0 Å². The third-order valence-electron chi connectivity index (χ3n) is 7.95. The predicted molar refractivity (Wildman–Crippen MR) is 184 cm³/mol. The van der Waals surface area contributed by atoms with Crippen molar-refractivity contribution in [3.63, 3.8) is 0 Å². The Hall–Kier alpha value is -3.02. The first kappa shape index (κ1) is 38.2. The van der Waals surface area contributed by atoms with Crippen LogP contribution in [-0.2, 0) is 35.6 Å². The highest BCUT2D eigenvalue weighted by atomic mass is 79.9. The number of hydrogen-bond donors (Lipinski definition) is 3. The van der Waals surface area contributed by atoms with Crippen LogP contribution >= 0.6 is 15.9 Å². The Morgan fingerprint density at radius 3 is 2.07 bits per heavy atom. The maximum absolute atomic E-state index is 14.1. The number of rotatable bonds is 13. The lowest BCUT2D eigenvalue weighted by Gasteiger charge is -2.40. The van der Waals surface area contributed by atoms with E-state index in [4.69, 9.17) is 0 Å². The molecule has 3 amide bonds. The van der Waals surface area contributed by atoms with Crippen LogP contribution in [0.4, 0.5) is 0 Å². The van der Waals surface area contributed by atoms with Crippen molar-refractivity contribution in [1.29, 1.82) is 0 Å². The molecule has 2 aromatic rings. The number of benzene rings is 2. The molecule has 2 aromatic carbocycles. The molecule has 248 valence electrons. The van der Waals surface area contributed by atoms with Gasteiger partial charge in [-0.2, -0.15) is 0 Å². The van der Waals surface area contributed by atoms with Crippen molar-refractivity contribution in [1.82, 2.24) is 20.3 Å². The van der Waals surface area contributed by atoms with Gasteiger partial charge < -0.3 is 15.5 Å². The van der Waals surface area contributed by atoms with Crippen molar-refractivity contribution in [3.05, 3.63) is 81.8 Å². The third kappa shape index (κ3) is 10.5. The fraction of sp³-hybridized carbons (Fsp3) is 0.500. The first-order valence-electron chi connectivity index (χ1n) is 15.0. The molecule has 0 unspecified atom stereocenters. The number of sulfonamides is 1. The number of nitrogens with zero attached hydrogens (tertiary/aromatic N) is 1. The van der Waals surface area contributed by atoms with Crippen molar-refractivity contribution in [2.75, 3.05) is 14.1 Å². The van der Waals surface area contributed by atoms with Gasteiger partial charge in [0.05, 0.1) is 17.8 Å². The Morgan fingerprint density at radius 1 is 0.956 bits per heavy atom. The summed E-state index contributed by atoms with van der Waals surface area (Å²) in [6.45, 7) is 14.9. The van der Waals surface area contributed by atoms with E-state index < -0.39 is 44.9 Å². The lowest BCUT2D eigenvalue weighted by molar-refractivity contribution is -0.140. The molecule has 2 rings (SSSR count). The average molecular weight is 706 g/mol. The summed E-state index contributed by atoms with van der Waals surface area (Å²) in [4.78, 5) is 42.4. The lowest BCUT2D eigenvalue weighted by Crippen LogP contribution is -2.61. The summed E-state index contributed by atoms with van der Waals surface area (Å²) in [6, 6.07) is 14.3. The molecule has 0 radical (unpaired) electrons. The summed E-state index contributed by atoms with van der Waals surface area (Å²) >= 11 is 3.51. The Labute approximate surface area is 277 Å². The van der Waals surface area contributed by atoms with Gasteiger partial charge in [-0.1, -0.05) is 113 Å². The number of carbonyl (C=O) groups is 3. The monoisotopic (exact) mass is 704 g/mol. The zero-order chi connectivity index (χ0) is 34.3. The van der Waals surface area contributed by atoms with Crippen LogP contribution in [0, 0.1) is 11.3 Å². The Morgan fingerprint density at radius 2 is 1.56 bits per heavy atom. The maximum atomic E-state index is 14.1. The van der Waals surface area contributed by atoms with E-state index in [9.17, 15) is 22.8 Å². The molecule has 9 nitrogen and oxygen atoms in total. The van der Waals surface area contributed by atoms with Crippen molar-refractivity contribution < 1.29 is 22.8 Å². The first-order valence-corrected chi connectivity index (χ1v) is 17.4. The molecule has 45 heavy (non-hydrogen) atoms. The van der Waals surface area contributed by atoms with Gasteiger partial charge in [0.1, 0.15) is 6.04 Å². The van der Waals surface area contributed by atoms with Crippen LogP contribution in [0.3, 0.4) is 0 Å². The normalized spacial score (nSPS) is 14.8. The molecular weight excluding hydrogens is 656 g/mol. The van der Waals surface area contributed by atoms with Gasteiger partial charge >= 0.3 is 0 Å². The lowest BCUT2D eigenvalue weighted by atomic mass is 9.76. The number of carbonyl (C=O) groups excluding carboxylic acids is 3. The van der Waals surface area contributed by atoms with E-state index in [2.05, 4.69) is 31.3 Å². The highest BCUT2D eigenvalue weighted by Gasteiger charge is 2.41. The summed E-state index contributed by atoms with van der Waals surface area (Å²) in [5.41, 5.74) is 0.399. The average Bonchev–Trinajstić information content (AvgIpc) is 2.93. The molecule has 3 atom stereocenters. The molecule has 0 aromatic heterocycles. The predicted octanol–water partition coefficient (Wildman–Crippen LogP) is 4.92. The summed E-state index contributed by atoms with van der Waals surface area (Å²) in [7, 11) is -0.589. The minimum atomic E-state index is -3.94. The van der Waals surface area contributed by atoms with E-state index >= 15 is 0 Å². The zero-order valence-corrected chi connectivity index (χ0v) is 30.5. The fourth-order valence-corrected chi connectivity index (χ4v) is 6.78. The van der Waals surface area contributed by atoms with Gasteiger partial charge in [-0.05, 0) is 48.6 Å². The van der Waals surface area contributed by atoms with Crippen molar-refractivity contribution >= 4 is 43.7 Å². The molecular formula is C34H49BrN4O5S. The van der Waals surface area contributed by atoms with E-state index in [0.717, 1.165) is 10.0 Å². The second-order valence-electron chi connectivity index (χ2n) is 13.5. The molecule has 0 aliphatic rings. The maximum Gasteiger partial charge on any atom is 0.260 e. The molecule has 0 aliphatic heterocycles. The standard InChI is InChI=1S/C34H49BrN4O5S/c1-22(2)27(19-23(3)30(40)38-45(43,44)21-24-15-12-11-13-16-24)39(10)32(42)29(33(4,5)6)37-31(41)28(36-9)34(7,8)25-17-14-18-26(35)20-25/h11-20,22,27-29,36H,21H2,1-10H3,(H,37,41)(H,38,40)/t27-,28-,29-/m1/s1. The van der Waals surface area contributed by atoms with Gasteiger partial charge in [-0.25, -0.2) is 13.1 Å². The van der Waals surface area contributed by atoms with E-state index in [1.807, 2.05) is 72.7 Å². The minimum Gasteiger partial charge on any atom is -0.342 e. The second kappa shape index (κ2) is 15.5. The molecule has 0 spiro atoms. The van der Waals surface area contributed by atoms with Crippen LogP contribution < -0.4 is 15.4 Å². The van der Waals surface area contributed by atoms with Gasteiger partial charge in [0, 0.05) is 22.5 Å². The van der Waals surface area contributed by atoms with Crippen molar-refractivity contribution in [2.45, 2.75) is 84.7 Å². The number of hydrogen-bond acceptors (Lipinski definition) is 6. The fourth-order valence-electron chi connectivity index (χ4n) is 5.24. The topological polar surface area (TPSA) is 125 Å². The van der Waals surface area contributed by atoms with Crippen LogP contribution in [-0.4, -0.2) is 63.3 Å². The zero-order valence-electron chi connectivity index (χ0n) is 28.1. The Bertz CT molecular complexity index is 1480. The highest BCUT2D eigenvalue weighted by molar-refractivity contribution is 9.10. The number of nitrogens with one attached hydrogen (secondary N) is 3. The Kier molecular flexibility index (Phi) is 13.2. The number of amides is 3. The van der Waals surface area contributed by atoms with Crippen LogP contribution in [0.2, 0.25) is 0 Å². The van der Waals surface area contributed by atoms with Gasteiger partial charge in [0.25, 0.3) is 5.91 Å². The number of halogens is 1. The molecule has 11 heteroatoms. The van der Waals surface area contributed by atoms with Crippen molar-refractivity contribution in [2.24, 2.45) is 11.3 Å². The van der Waals surface area contributed by atoms with Crippen LogP contribution in [0.25, 0.3) is 0 Å². The molecule has 0 heterocycles. The van der Waals surface area contributed by atoms with E-state index in [1.54, 1.807) is 50.5 Å². The molecule has 0 bridgehead atoms. The Balaban J connectivity index is 2.30. The molecule has 0 saturated carbocycles. The first-order chi connectivity index (χ1) is 20.7. The second-order valence-corrected chi connectivity index (χ2v) is 16.1. The summed E-state index contributed by atoms with van der Waals surface area (Å²) < 4.78 is 28.4. The molecule has 0 fully saturated rings. The molecule has 3 N–H and O–H groups in total. The van der Waals surface area contributed by atoms with Gasteiger partial charge in [0.15, 0.2) is 0 Å². The minimum absolute atomic E-state index is 0.125. The van der Waals surface area contributed by atoms with E-state index in [-0.39, 0.29) is 29.1 Å². The SMILES string of the molecule is CN[C@H](C(=O)N[C@H](C(=O)N(C)[C@H](C=C(C)C(=O)NS(=O)(=O)Cc1ccccc1)C(C)C)C(C)(C)C)C(C)(C)c1cccc(Br)c1. The van der Waals surface area contributed by atoms with Crippen LogP contribution in [0.15, 0.2) is 70.7 Å². The van der Waals surface area contributed by atoms with Gasteiger partial charge in [-0.15, -0.1) is 0 Å². The third-order valence-corrected chi connectivity index (χ3v) is 9.65. The quantitative estimate of drug-likeness (QED) is 0.254. The highest BCUT2D eigenvalue weighted by Crippen LogP contribution is 2.30. The molecule has 0 aliphatic carbocycles. The van der Waals surface area contributed by atoms with E-state index in [0.29, 0.717) is 5.56 Å². The summed E-state index contributed by atoms with van der Waals surface area (Å²) in [5, 5.41) is 6.16. The summed E-state index contributed by atoms with van der Waals surface area (Å²) in [6.07, 6.45) is 1.60. The summed E-state index contributed by atoms with van der Waals surface area (Å²) in [5.74, 6) is -1.87. The van der Waals surface area contributed by atoms with Crippen LogP contribution in [0.1, 0.15) is 66.5 Å². The van der Waals surface area contributed by atoms with E-state index in [1.165, 1.54) is 11.8 Å². The van der Waals surface area contributed by atoms with Crippen LogP contribution in [0.5, 0.6) is 0 Å². The van der Waals surface area contributed by atoms with Gasteiger partial charge in [-0.3, -0.25) is 14.4 Å². The largest absolute Gasteiger partial charge is 0.342 e. The molecule has 0 saturated heterocycles. The smallest absolute Gasteiger partial charge is 0.260 e.